The number of carbonyl (C=O) groups excluding carboxylic acids is 1. The molecule has 0 aliphatic carbocycles. The first-order valence-corrected chi connectivity index (χ1v) is 5.07. The second-order valence-electron chi connectivity index (χ2n) is 3.48. The molecule has 6 nitrogen and oxygen atoms in total. The molecule has 0 aliphatic rings. The highest BCUT2D eigenvalue weighted by atomic mass is 16.4. The van der Waals surface area contributed by atoms with Gasteiger partial charge in [-0.25, -0.2) is 4.79 Å². The summed E-state index contributed by atoms with van der Waals surface area (Å²) in [7, 11) is 0. The molecule has 0 atom stereocenters. The van der Waals surface area contributed by atoms with E-state index < -0.39 is 11.9 Å². The number of hydrogen-bond donors (Lipinski definition) is 3. The molecule has 0 spiro atoms. The molecular weight excluding hydrogens is 236 g/mol. The summed E-state index contributed by atoms with van der Waals surface area (Å²) in [5.74, 6) is -1.86. The lowest BCUT2D eigenvalue weighted by Crippen LogP contribution is -2.11. The summed E-state index contributed by atoms with van der Waals surface area (Å²) in [6, 6.07) is 6.96. The summed E-state index contributed by atoms with van der Waals surface area (Å²) in [5, 5.41) is 11.8. The van der Waals surface area contributed by atoms with Crippen LogP contribution in [0.4, 0.5) is 5.69 Å². The number of rotatable bonds is 4. The van der Waals surface area contributed by atoms with Gasteiger partial charge in [0.25, 0.3) is 5.91 Å². The van der Waals surface area contributed by atoms with Crippen molar-refractivity contribution in [2.45, 2.75) is 0 Å². The van der Waals surface area contributed by atoms with Gasteiger partial charge in [0.1, 0.15) is 5.58 Å². The van der Waals surface area contributed by atoms with Crippen LogP contribution in [0.15, 0.2) is 41.0 Å². The monoisotopic (exact) mass is 246 g/mol. The van der Waals surface area contributed by atoms with Gasteiger partial charge in [-0.3, -0.25) is 4.79 Å². The van der Waals surface area contributed by atoms with Crippen LogP contribution in [0, 0.1) is 0 Å². The number of benzene rings is 1. The Kier molecular flexibility index (Phi) is 3.01. The highest BCUT2D eigenvalue weighted by Crippen LogP contribution is 2.30. The second kappa shape index (κ2) is 4.62. The van der Waals surface area contributed by atoms with Crippen LogP contribution < -0.4 is 11.1 Å². The van der Waals surface area contributed by atoms with Crippen LogP contribution in [0.1, 0.15) is 10.6 Å². The molecule has 0 saturated heterocycles. The van der Waals surface area contributed by atoms with E-state index in [2.05, 4.69) is 5.32 Å². The van der Waals surface area contributed by atoms with E-state index in [1.165, 1.54) is 6.20 Å². The van der Waals surface area contributed by atoms with E-state index in [1.54, 1.807) is 24.3 Å². The van der Waals surface area contributed by atoms with E-state index in [0.29, 0.717) is 16.7 Å². The zero-order valence-corrected chi connectivity index (χ0v) is 9.21. The molecule has 0 fully saturated rings. The Balaban J connectivity index is 2.48. The average molecular weight is 246 g/mol. The van der Waals surface area contributed by atoms with Crippen LogP contribution >= 0.6 is 0 Å². The number of anilines is 1. The normalized spacial score (nSPS) is 10.9. The van der Waals surface area contributed by atoms with E-state index in [1.807, 2.05) is 0 Å². The van der Waals surface area contributed by atoms with E-state index in [4.69, 9.17) is 15.3 Å². The molecule has 1 aromatic carbocycles. The summed E-state index contributed by atoms with van der Waals surface area (Å²) in [6.45, 7) is 0. The van der Waals surface area contributed by atoms with Gasteiger partial charge in [0, 0.05) is 17.7 Å². The topological polar surface area (TPSA) is 106 Å². The Labute approximate surface area is 102 Å². The van der Waals surface area contributed by atoms with Crippen LogP contribution in [0.2, 0.25) is 0 Å². The van der Waals surface area contributed by atoms with Crippen molar-refractivity contribution in [3.63, 3.8) is 0 Å². The van der Waals surface area contributed by atoms with Crippen molar-refractivity contribution in [2.75, 3.05) is 5.32 Å². The highest BCUT2D eigenvalue weighted by molar-refractivity contribution is 6.06. The van der Waals surface area contributed by atoms with Gasteiger partial charge < -0.3 is 20.6 Å². The number of carbonyl (C=O) groups is 2. The fourth-order valence-electron chi connectivity index (χ4n) is 1.56. The minimum atomic E-state index is -1.10. The predicted octanol–water partition coefficient (Wildman–Crippen LogP) is 1.54. The lowest BCUT2D eigenvalue weighted by Gasteiger charge is -1.98. The maximum atomic E-state index is 11.2. The van der Waals surface area contributed by atoms with Crippen LogP contribution in [-0.4, -0.2) is 17.0 Å². The molecule has 18 heavy (non-hydrogen) atoms. The van der Waals surface area contributed by atoms with Gasteiger partial charge in [-0.2, -0.15) is 0 Å². The first-order valence-electron chi connectivity index (χ1n) is 5.07. The van der Waals surface area contributed by atoms with Crippen molar-refractivity contribution in [1.82, 2.24) is 0 Å². The molecule has 0 radical (unpaired) electrons. The molecule has 0 bridgehead atoms. The van der Waals surface area contributed by atoms with Crippen molar-refractivity contribution < 1.29 is 19.1 Å². The Hall–Kier alpha value is -2.76. The minimum Gasteiger partial charge on any atom is -0.478 e. The van der Waals surface area contributed by atoms with E-state index in [9.17, 15) is 9.59 Å². The standard InChI is InChI=1S/C12H10N2O4/c13-12(17)11-10(14-6-5-9(15)16)7-3-1-2-4-8(7)18-11/h1-6,14H,(H2,13,17)(H,15,16)/b6-5+. The maximum absolute atomic E-state index is 11.2. The molecule has 92 valence electrons. The Morgan fingerprint density at radius 2 is 2.06 bits per heavy atom. The fraction of sp³-hybridized carbons (Fsp3) is 0. The summed E-state index contributed by atoms with van der Waals surface area (Å²) in [4.78, 5) is 21.6. The highest BCUT2D eigenvalue weighted by Gasteiger charge is 2.17. The molecule has 2 aromatic rings. The van der Waals surface area contributed by atoms with Gasteiger partial charge in [0.2, 0.25) is 5.76 Å². The van der Waals surface area contributed by atoms with E-state index in [-0.39, 0.29) is 5.76 Å². The van der Waals surface area contributed by atoms with Crippen molar-refractivity contribution in [3.05, 3.63) is 42.3 Å². The molecular formula is C12H10N2O4. The Morgan fingerprint density at radius 3 is 2.72 bits per heavy atom. The molecule has 1 heterocycles. The molecule has 0 aliphatic heterocycles. The van der Waals surface area contributed by atoms with Crippen LogP contribution in [-0.2, 0) is 4.79 Å². The lowest BCUT2D eigenvalue weighted by atomic mass is 10.2. The summed E-state index contributed by atoms with van der Waals surface area (Å²) in [6.07, 6.45) is 2.11. The molecule has 6 heteroatoms. The number of para-hydroxylation sites is 1. The van der Waals surface area contributed by atoms with Gasteiger partial charge in [-0.05, 0) is 12.1 Å². The number of nitrogens with two attached hydrogens (primary N) is 1. The first kappa shape index (κ1) is 11.7. The van der Waals surface area contributed by atoms with Crippen LogP contribution in [0.25, 0.3) is 11.0 Å². The van der Waals surface area contributed by atoms with Gasteiger partial charge in [0.15, 0.2) is 0 Å². The van der Waals surface area contributed by atoms with Gasteiger partial charge in [-0.15, -0.1) is 0 Å². The summed E-state index contributed by atoms with van der Waals surface area (Å²) < 4.78 is 5.30. The van der Waals surface area contributed by atoms with Crippen molar-refractivity contribution >= 4 is 28.5 Å². The molecule has 2 rings (SSSR count). The number of amides is 1. The van der Waals surface area contributed by atoms with Gasteiger partial charge >= 0.3 is 5.97 Å². The van der Waals surface area contributed by atoms with Crippen molar-refractivity contribution in [1.29, 1.82) is 0 Å². The third kappa shape index (κ3) is 2.17. The Morgan fingerprint density at radius 1 is 1.33 bits per heavy atom. The third-order valence-corrected chi connectivity index (χ3v) is 2.27. The van der Waals surface area contributed by atoms with E-state index in [0.717, 1.165) is 6.08 Å². The molecule has 1 amide bonds. The summed E-state index contributed by atoms with van der Waals surface area (Å²) in [5.41, 5.74) is 6.05. The molecule has 0 saturated carbocycles. The Bertz CT molecular complexity index is 643. The number of nitrogens with one attached hydrogen (secondary N) is 1. The maximum Gasteiger partial charge on any atom is 0.329 e. The second-order valence-corrected chi connectivity index (χ2v) is 3.48. The fourth-order valence-corrected chi connectivity index (χ4v) is 1.56. The number of primary amides is 1. The minimum absolute atomic E-state index is 0.0359. The average Bonchev–Trinajstić information content (AvgIpc) is 2.68. The number of furan rings is 1. The van der Waals surface area contributed by atoms with Crippen molar-refractivity contribution in [2.24, 2.45) is 5.73 Å². The van der Waals surface area contributed by atoms with Crippen LogP contribution in [0.5, 0.6) is 0 Å². The smallest absolute Gasteiger partial charge is 0.329 e. The predicted molar refractivity (Wildman–Crippen MR) is 65.1 cm³/mol. The van der Waals surface area contributed by atoms with Crippen molar-refractivity contribution in [3.8, 4) is 0 Å². The van der Waals surface area contributed by atoms with Gasteiger partial charge in [0.05, 0.1) is 5.69 Å². The molecule has 0 unspecified atom stereocenters. The zero-order valence-electron chi connectivity index (χ0n) is 9.21. The number of carboxylic acid groups (broad SMARTS) is 1. The third-order valence-electron chi connectivity index (χ3n) is 2.27. The number of fused-ring (bicyclic) bond motifs is 1. The lowest BCUT2D eigenvalue weighted by molar-refractivity contribution is -0.131. The number of hydrogen-bond acceptors (Lipinski definition) is 4. The first-order chi connectivity index (χ1) is 8.59. The quantitative estimate of drug-likeness (QED) is 0.709. The molecule has 4 N–H and O–H groups in total. The zero-order chi connectivity index (χ0) is 13.1. The number of carboxylic acids is 1. The largest absolute Gasteiger partial charge is 0.478 e. The van der Waals surface area contributed by atoms with Crippen LogP contribution in [0.3, 0.4) is 0 Å². The van der Waals surface area contributed by atoms with Gasteiger partial charge in [-0.1, -0.05) is 12.1 Å². The number of aliphatic carboxylic acids is 1. The van der Waals surface area contributed by atoms with E-state index >= 15 is 0 Å². The SMILES string of the molecule is NC(=O)c1oc2ccccc2c1N/C=C/C(=O)O. The summed E-state index contributed by atoms with van der Waals surface area (Å²) >= 11 is 0. The molecule has 1 aromatic heterocycles.